The van der Waals surface area contributed by atoms with Crippen LogP contribution >= 0.6 is 0 Å². The van der Waals surface area contributed by atoms with Crippen LogP contribution in [-0.4, -0.2) is 16.6 Å². The van der Waals surface area contributed by atoms with Crippen molar-refractivity contribution < 1.29 is 0 Å². The van der Waals surface area contributed by atoms with Crippen LogP contribution in [0, 0.1) is 11.3 Å². The van der Waals surface area contributed by atoms with Crippen molar-refractivity contribution in [2.24, 2.45) is 11.3 Å². The molecule has 3 heteroatoms. The molecule has 1 fully saturated rings. The summed E-state index contributed by atoms with van der Waals surface area (Å²) in [5.74, 6) is 1.92. The number of aryl methyl sites for hydroxylation is 1. The van der Waals surface area contributed by atoms with Crippen LogP contribution in [0.15, 0.2) is 12.4 Å². The van der Waals surface area contributed by atoms with Gasteiger partial charge in [-0.3, -0.25) is 0 Å². The molecule has 102 valence electrons. The van der Waals surface area contributed by atoms with Gasteiger partial charge < -0.3 is 9.88 Å². The Bertz CT molecular complexity index is 381. The van der Waals surface area contributed by atoms with Crippen molar-refractivity contribution in [3.8, 4) is 0 Å². The Morgan fingerprint density at radius 3 is 2.89 bits per heavy atom. The van der Waals surface area contributed by atoms with Gasteiger partial charge >= 0.3 is 0 Å². The van der Waals surface area contributed by atoms with Gasteiger partial charge in [-0.15, -0.1) is 0 Å². The second-order valence-electron chi connectivity index (χ2n) is 6.23. The van der Waals surface area contributed by atoms with Gasteiger partial charge in [-0.25, -0.2) is 4.98 Å². The Hall–Kier alpha value is -0.830. The molecular weight excluding hydrogens is 222 g/mol. The SMILES string of the molecule is CCCn1ccnc1C(NC)C1CCCC1(C)C. The average molecular weight is 249 g/mol. The Balaban J connectivity index is 2.25. The highest BCUT2D eigenvalue weighted by Gasteiger charge is 2.40. The second kappa shape index (κ2) is 5.43. The number of hydrogen-bond acceptors (Lipinski definition) is 2. The van der Waals surface area contributed by atoms with Gasteiger partial charge in [0.2, 0.25) is 0 Å². The lowest BCUT2D eigenvalue weighted by atomic mass is 9.77. The zero-order valence-electron chi connectivity index (χ0n) is 12.2. The van der Waals surface area contributed by atoms with E-state index < -0.39 is 0 Å². The molecule has 1 aromatic rings. The number of nitrogens with zero attached hydrogens (tertiary/aromatic N) is 2. The highest BCUT2D eigenvalue weighted by Crippen LogP contribution is 2.48. The van der Waals surface area contributed by atoms with Crippen LogP contribution in [-0.2, 0) is 6.54 Å². The number of nitrogens with one attached hydrogen (secondary N) is 1. The molecule has 2 rings (SSSR count). The zero-order chi connectivity index (χ0) is 13.2. The molecule has 1 aliphatic rings. The van der Waals surface area contributed by atoms with E-state index in [1.807, 2.05) is 6.20 Å². The molecule has 0 spiro atoms. The van der Waals surface area contributed by atoms with Crippen molar-refractivity contribution >= 4 is 0 Å². The molecule has 2 atom stereocenters. The van der Waals surface area contributed by atoms with Gasteiger partial charge in [0, 0.05) is 18.9 Å². The third-order valence-corrected chi connectivity index (χ3v) is 4.54. The largest absolute Gasteiger partial charge is 0.334 e. The molecule has 0 radical (unpaired) electrons. The summed E-state index contributed by atoms with van der Waals surface area (Å²) in [6.45, 7) is 8.10. The molecule has 0 aliphatic heterocycles. The predicted molar refractivity (Wildman–Crippen MR) is 75.4 cm³/mol. The third kappa shape index (κ3) is 2.46. The maximum absolute atomic E-state index is 4.62. The van der Waals surface area contributed by atoms with E-state index in [2.05, 4.69) is 48.9 Å². The Morgan fingerprint density at radius 2 is 2.33 bits per heavy atom. The van der Waals surface area contributed by atoms with Crippen LogP contribution in [0.1, 0.15) is 58.3 Å². The molecule has 0 amide bonds. The number of aromatic nitrogens is 2. The van der Waals surface area contributed by atoms with Crippen LogP contribution in [0.3, 0.4) is 0 Å². The third-order valence-electron chi connectivity index (χ3n) is 4.54. The van der Waals surface area contributed by atoms with Crippen molar-refractivity contribution in [3.05, 3.63) is 18.2 Å². The quantitative estimate of drug-likeness (QED) is 0.867. The van der Waals surface area contributed by atoms with E-state index in [-0.39, 0.29) is 0 Å². The fourth-order valence-corrected chi connectivity index (χ4v) is 3.51. The van der Waals surface area contributed by atoms with Gasteiger partial charge in [-0.2, -0.15) is 0 Å². The minimum atomic E-state index is 0.393. The molecule has 1 aliphatic carbocycles. The normalized spacial score (nSPS) is 24.3. The topological polar surface area (TPSA) is 29.9 Å². The summed E-state index contributed by atoms with van der Waals surface area (Å²) < 4.78 is 2.32. The molecule has 0 bridgehead atoms. The number of rotatable bonds is 5. The molecule has 3 nitrogen and oxygen atoms in total. The van der Waals surface area contributed by atoms with E-state index in [1.54, 1.807) is 0 Å². The molecule has 1 heterocycles. The Labute approximate surface area is 111 Å². The van der Waals surface area contributed by atoms with Crippen molar-refractivity contribution in [3.63, 3.8) is 0 Å². The molecule has 2 unspecified atom stereocenters. The van der Waals surface area contributed by atoms with Crippen molar-refractivity contribution in [2.75, 3.05) is 7.05 Å². The lowest BCUT2D eigenvalue weighted by molar-refractivity contribution is 0.195. The summed E-state index contributed by atoms with van der Waals surface area (Å²) in [5, 5.41) is 3.52. The lowest BCUT2D eigenvalue weighted by Gasteiger charge is -2.34. The van der Waals surface area contributed by atoms with Gasteiger partial charge in [0.1, 0.15) is 5.82 Å². The highest BCUT2D eigenvalue weighted by molar-refractivity contribution is 5.05. The second-order valence-corrected chi connectivity index (χ2v) is 6.23. The molecule has 18 heavy (non-hydrogen) atoms. The smallest absolute Gasteiger partial charge is 0.126 e. The number of imidazole rings is 1. The minimum absolute atomic E-state index is 0.393. The van der Waals surface area contributed by atoms with Gasteiger partial charge in [0.15, 0.2) is 0 Å². The van der Waals surface area contributed by atoms with E-state index in [1.165, 1.54) is 25.1 Å². The van der Waals surface area contributed by atoms with Crippen molar-refractivity contribution in [1.29, 1.82) is 0 Å². The molecule has 0 aromatic carbocycles. The first kappa shape index (κ1) is 13.6. The maximum atomic E-state index is 4.62. The van der Waals surface area contributed by atoms with E-state index in [0.717, 1.165) is 13.0 Å². The standard InChI is InChI=1S/C15H27N3/c1-5-10-18-11-9-17-14(18)13(16-4)12-7-6-8-15(12,2)3/h9,11-13,16H,5-8,10H2,1-4H3. The van der Waals surface area contributed by atoms with Gasteiger partial charge in [-0.05, 0) is 37.6 Å². The Morgan fingerprint density at radius 1 is 1.56 bits per heavy atom. The zero-order valence-corrected chi connectivity index (χ0v) is 12.2. The van der Waals surface area contributed by atoms with Crippen LogP contribution in [0.4, 0.5) is 0 Å². The van der Waals surface area contributed by atoms with Gasteiger partial charge in [-0.1, -0.05) is 27.2 Å². The average Bonchev–Trinajstić information content (AvgIpc) is 2.89. The summed E-state index contributed by atoms with van der Waals surface area (Å²) in [7, 11) is 2.07. The first-order valence-electron chi connectivity index (χ1n) is 7.28. The lowest BCUT2D eigenvalue weighted by Crippen LogP contribution is -2.34. The van der Waals surface area contributed by atoms with Gasteiger partial charge in [0.25, 0.3) is 0 Å². The van der Waals surface area contributed by atoms with E-state index >= 15 is 0 Å². The first-order chi connectivity index (χ1) is 8.60. The molecule has 1 N–H and O–H groups in total. The van der Waals surface area contributed by atoms with E-state index in [9.17, 15) is 0 Å². The molecule has 0 saturated heterocycles. The van der Waals surface area contributed by atoms with Crippen LogP contribution < -0.4 is 5.32 Å². The summed E-state index contributed by atoms with van der Waals surface area (Å²) in [5.41, 5.74) is 0.427. The molecule has 1 saturated carbocycles. The monoisotopic (exact) mass is 249 g/mol. The van der Waals surface area contributed by atoms with Crippen LogP contribution in [0.2, 0.25) is 0 Å². The van der Waals surface area contributed by atoms with Crippen LogP contribution in [0.5, 0.6) is 0 Å². The molecular formula is C15H27N3. The van der Waals surface area contributed by atoms with Crippen LogP contribution in [0.25, 0.3) is 0 Å². The predicted octanol–water partition coefficient (Wildman–Crippen LogP) is 3.38. The fourth-order valence-electron chi connectivity index (χ4n) is 3.51. The molecule has 1 aromatic heterocycles. The van der Waals surface area contributed by atoms with E-state index in [0.29, 0.717) is 17.4 Å². The summed E-state index contributed by atoms with van der Waals surface area (Å²) in [6, 6.07) is 0.393. The van der Waals surface area contributed by atoms with Crippen molar-refractivity contribution in [2.45, 2.75) is 59.0 Å². The first-order valence-corrected chi connectivity index (χ1v) is 7.28. The maximum Gasteiger partial charge on any atom is 0.126 e. The van der Waals surface area contributed by atoms with E-state index in [4.69, 9.17) is 0 Å². The fraction of sp³-hybridized carbons (Fsp3) is 0.800. The Kier molecular flexibility index (Phi) is 4.10. The summed E-state index contributed by atoms with van der Waals surface area (Å²) >= 11 is 0. The number of hydrogen-bond donors (Lipinski definition) is 1. The minimum Gasteiger partial charge on any atom is -0.334 e. The van der Waals surface area contributed by atoms with Gasteiger partial charge in [0.05, 0.1) is 6.04 Å². The summed E-state index contributed by atoms with van der Waals surface area (Å²) in [4.78, 5) is 4.62. The summed E-state index contributed by atoms with van der Waals surface area (Å²) in [6.07, 6.45) is 9.22. The van der Waals surface area contributed by atoms with Crippen molar-refractivity contribution in [1.82, 2.24) is 14.9 Å². The highest BCUT2D eigenvalue weighted by atomic mass is 15.1.